The Labute approximate surface area is 103 Å². The van der Waals surface area contributed by atoms with Gasteiger partial charge < -0.3 is 4.84 Å². The second kappa shape index (κ2) is 5.30. The summed E-state index contributed by atoms with van der Waals surface area (Å²) >= 11 is 0. The minimum absolute atomic E-state index is 0.200. The molecule has 2 aromatic carbocycles. The summed E-state index contributed by atoms with van der Waals surface area (Å²) in [6.07, 6.45) is 0. The topological polar surface area (TPSA) is 12.5 Å². The molecule has 0 amide bonds. The Morgan fingerprint density at radius 2 is 1.88 bits per heavy atom. The zero-order chi connectivity index (χ0) is 12.3. The smallest absolute Gasteiger partial charge is 0.0575 e. The lowest BCUT2D eigenvalue weighted by Crippen LogP contribution is -2.22. The zero-order valence-electron chi connectivity index (χ0n) is 10.4. The summed E-state index contributed by atoms with van der Waals surface area (Å²) in [6.45, 7) is 5.01. The van der Waals surface area contributed by atoms with Crippen LogP contribution in [-0.2, 0) is 4.84 Å². The van der Waals surface area contributed by atoms with E-state index in [9.17, 15) is 0 Å². The summed E-state index contributed by atoms with van der Waals surface area (Å²) in [5.41, 5.74) is 1.27. The molecule has 0 aliphatic heterocycles. The Kier molecular flexibility index (Phi) is 3.77. The van der Waals surface area contributed by atoms with Crippen LogP contribution in [0.1, 0.15) is 11.5 Å². The Balaban J connectivity index is 2.34. The number of hydroxylamine groups is 2. The van der Waals surface area contributed by atoms with Crippen LogP contribution in [0.5, 0.6) is 0 Å². The molecule has 0 aliphatic rings. The molecule has 2 heteroatoms. The van der Waals surface area contributed by atoms with Crippen LogP contribution in [0.25, 0.3) is 10.8 Å². The highest BCUT2D eigenvalue weighted by Gasteiger charge is 2.11. The van der Waals surface area contributed by atoms with E-state index < -0.39 is 0 Å². The highest BCUT2D eigenvalue weighted by Crippen LogP contribution is 2.25. The van der Waals surface area contributed by atoms with Crippen molar-refractivity contribution in [1.29, 1.82) is 0 Å². The average Bonchev–Trinajstić information content (AvgIpc) is 2.37. The molecule has 2 nitrogen and oxygen atoms in total. The first kappa shape index (κ1) is 12.1. The maximum Gasteiger partial charge on any atom is 0.0575 e. The van der Waals surface area contributed by atoms with E-state index in [1.165, 1.54) is 16.3 Å². The predicted octanol–water partition coefficient (Wildman–Crippen LogP) is 3.25. The molecular weight excluding hydrogens is 210 g/mol. The van der Waals surface area contributed by atoms with Crippen molar-refractivity contribution in [1.82, 2.24) is 5.06 Å². The van der Waals surface area contributed by atoms with Gasteiger partial charge in [-0.3, -0.25) is 0 Å². The van der Waals surface area contributed by atoms with Crippen LogP contribution < -0.4 is 0 Å². The quantitative estimate of drug-likeness (QED) is 0.745. The Morgan fingerprint density at radius 1 is 1.18 bits per heavy atom. The highest BCUT2D eigenvalue weighted by molar-refractivity contribution is 5.86. The second-order valence-electron chi connectivity index (χ2n) is 4.26. The number of rotatable bonds is 4. The summed E-state index contributed by atoms with van der Waals surface area (Å²) in [4.78, 5) is 5.15. The van der Waals surface area contributed by atoms with Gasteiger partial charge in [-0.1, -0.05) is 42.5 Å². The molecule has 0 heterocycles. The van der Waals surface area contributed by atoms with Gasteiger partial charge in [0, 0.05) is 13.6 Å². The summed E-state index contributed by atoms with van der Waals surface area (Å²) in [5.74, 6) is 0.200. The van der Waals surface area contributed by atoms with Crippen molar-refractivity contribution in [2.45, 2.75) is 5.92 Å². The number of hydrogen-bond acceptors (Lipinski definition) is 2. The minimum Gasteiger partial charge on any atom is -0.303 e. The van der Waals surface area contributed by atoms with E-state index in [0.29, 0.717) is 0 Å². The fourth-order valence-corrected chi connectivity index (χ4v) is 2.09. The van der Waals surface area contributed by atoms with E-state index in [1.54, 1.807) is 12.2 Å². The van der Waals surface area contributed by atoms with Crippen molar-refractivity contribution in [3.8, 4) is 0 Å². The molecule has 0 spiro atoms. The number of hydrogen-bond donors (Lipinski definition) is 0. The van der Waals surface area contributed by atoms with Gasteiger partial charge in [0.1, 0.15) is 0 Å². The molecule has 17 heavy (non-hydrogen) atoms. The molecule has 1 atom stereocenters. The molecule has 0 saturated carbocycles. The lowest BCUT2D eigenvalue weighted by molar-refractivity contribution is -0.110. The standard InChI is InChI=1S/C15H18NO/c1-12(11-16(2)17-3)14-10-6-8-13-7-4-5-9-15(13)14/h4-10,12H,1,11H2,2-3H3. The van der Waals surface area contributed by atoms with Crippen LogP contribution in [0, 0.1) is 6.92 Å². The summed E-state index contributed by atoms with van der Waals surface area (Å²) < 4.78 is 0. The molecule has 2 aromatic rings. The van der Waals surface area contributed by atoms with Gasteiger partial charge in [0.25, 0.3) is 0 Å². The first-order chi connectivity index (χ1) is 8.22. The Hall–Kier alpha value is -1.38. The third-order valence-electron chi connectivity index (χ3n) is 3.05. The first-order valence-electron chi connectivity index (χ1n) is 5.78. The molecule has 0 N–H and O–H groups in total. The molecule has 89 valence electrons. The van der Waals surface area contributed by atoms with Gasteiger partial charge in [0.2, 0.25) is 0 Å². The summed E-state index contributed by atoms with van der Waals surface area (Å²) in [6, 6.07) is 14.8. The largest absolute Gasteiger partial charge is 0.303 e. The lowest BCUT2D eigenvalue weighted by atomic mass is 9.95. The molecule has 1 radical (unpaired) electrons. The highest BCUT2D eigenvalue weighted by atomic mass is 16.7. The molecule has 0 fully saturated rings. The summed E-state index contributed by atoms with van der Waals surface area (Å²) in [5, 5.41) is 4.35. The normalized spacial score (nSPS) is 13.2. The van der Waals surface area contributed by atoms with E-state index in [1.807, 2.05) is 7.05 Å². The van der Waals surface area contributed by atoms with Gasteiger partial charge in [0.05, 0.1) is 7.11 Å². The van der Waals surface area contributed by atoms with E-state index >= 15 is 0 Å². The third-order valence-corrected chi connectivity index (χ3v) is 3.05. The van der Waals surface area contributed by atoms with Gasteiger partial charge in [-0.2, -0.15) is 5.06 Å². The zero-order valence-corrected chi connectivity index (χ0v) is 10.4. The second-order valence-corrected chi connectivity index (χ2v) is 4.26. The Morgan fingerprint density at radius 3 is 2.65 bits per heavy atom. The van der Waals surface area contributed by atoms with Crippen molar-refractivity contribution in [3.05, 3.63) is 55.0 Å². The van der Waals surface area contributed by atoms with Crippen LogP contribution in [0.4, 0.5) is 0 Å². The molecule has 2 rings (SSSR count). The molecular formula is C15H18NO. The van der Waals surface area contributed by atoms with Crippen molar-refractivity contribution in [2.75, 3.05) is 20.7 Å². The number of benzene rings is 2. The fraction of sp³-hybridized carbons (Fsp3) is 0.267. The number of fused-ring (bicyclic) bond motifs is 1. The van der Waals surface area contributed by atoms with E-state index in [4.69, 9.17) is 4.84 Å². The van der Waals surface area contributed by atoms with E-state index in [-0.39, 0.29) is 5.92 Å². The van der Waals surface area contributed by atoms with Crippen molar-refractivity contribution < 1.29 is 4.84 Å². The van der Waals surface area contributed by atoms with E-state index in [0.717, 1.165) is 6.54 Å². The lowest BCUT2D eigenvalue weighted by Gasteiger charge is -2.20. The predicted molar refractivity (Wildman–Crippen MR) is 71.7 cm³/mol. The number of likely N-dealkylation sites (N-methyl/N-ethyl adjacent to an activating group) is 1. The summed E-state index contributed by atoms with van der Waals surface area (Å²) in [7, 11) is 3.60. The first-order valence-corrected chi connectivity index (χ1v) is 5.78. The maximum absolute atomic E-state index is 5.15. The van der Waals surface area contributed by atoms with Gasteiger partial charge in [-0.25, -0.2) is 0 Å². The van der Waals surface area contributed by atoms with Crippen LogP contribution in [0.3, 0.4) is 0 Å². The molecule has 0 aliphatic carbocycles. The minimum atomic E-state index is 0.200. The van der Waals surface area contributed by atoms with E-state index in [2.05, 4.69) is 49.4 Å². The van der Waals surface area contributed by atoms with Gasteiger partial charge >= 0.3 is 0 Å². The Bertz CT molecular complexity index is 490. The van der Waals surface area contributed by atoms with Gasteiger partial charge in [0.15, 0.2) is 0 Å². The molecule has 0 saturated heterocycles. The van der Waals surface area contributed by atoms with Gasteiger partial charge in [-0.05, 0) is 29.2 Å². The van der Waals surface area contributed by atoms with Gasteiger partial charge in [-0.15, -0.1) is 0 Å². The molecule has 1 unspecified atom stereocenters. The van der Waals surface area contributed by atoms with Crippen LogP contribution in [0.15, 0.2) is 42.5 Å². The van der Waals surface area contributed by atoms with Crippen molar-refractivity contribution in [3.63, 3.8) is 0 Å². The van der Waals surface area contributed by atoms with Crippen molar-refractivity contribution in [2.24, 2.45) is 0 Å². The molecule has 0 aromatic heterocycles. The molecule has 0 bridgehead atoms. The monoisotopic (exact) mass is 228 g/mol. The average molecular weight is 228 g/mol. The van der Waals surface area contributed by atoms with Crippen LogP contribution in [0.2, 0.25) is 0 Å². The fourth-order valence-electron chi connectivity index (χ4n) is 2.09. The number of nitrogens with zero attached hydrogens (tertiary/aromatic N) is 1. The maximum atomic E-state index is 5.15. The SMILES string of the molecule is [CH2]C(CN(C)OC)c1cccc2ccccc12. The van der Waals surface area contributed by atoms with Crippen LogP contribution >= 0.6 is 0 Å². The third kappa shape index (κ3) is 2.65. The van der Waals surface area contributed by atoms with Crippen LogP contribution in [-0.4, -0.2) is 25.8 Å². The van der Waals surface area contributed by atoms with Crippen molar-refractivity contribution >= 4 is 10.8 Å².